The van der Waals surface area contributed by atoms with Gasteiger partial charge in [-0.3, -0.25) is 0 Å². The van der Waals surface area contributed by atoms with E-state index in [1.807, 2.05) is 18.2 Å². The second kappa shape index (κ2) is 9.45. The highest BCUT2D eigenvalue weighted by Gasteiger charge is 2.12. The molecule has 0 fully saturated rings. The van der Waals surface area contributed by atoms with E-state index in [0.29, 0.717) is 6.61 Å². The van der Waals surface area contributed by atoms with Crippen molar-refractivity contribution < 1.29 is 4.74 Å². The molecule has 1 N–H and O–H groups in total. The number of para-hydroxylation sites is 2. The molecule has 0 amide bonds. The fourth-order valence-corrected chi connectivity index (χ4v) is 3.16. The zero-order valence-corrected chi connectivity index (χ0v) is 17.2. The Morgan fingerprint density at radius 2 is 1.43 bits per heavy atom. The quantitative estimate of drug-likeness (QED) is 0.449. The molecule has 3 aromatic carbocycles. The van der Waals surface area contributed by atoms with Gasteiger partial charge >= 0.3 is 0 Å². The summed E-state index contributed by atoms with van der Waals surface area (Å²) in [5.41, 5.74) is 5.22. The third-order valence-electron chi connectivity index (χ3n) is 4.90. The molecular weight excluding hydrogens is 342 g/mol. The summed E-state index contributed by atoms with van der Waals surface area (Å²) in [5.74, 6) is 0.918. The Kier molecular flexibility index (Phi) is 6.76. The van der Waals surface area contributed by atoms with Gasteiger partial charge in [0, 0.05) is 6.54 Å². The first-order chi connectivity index (χ1) is 13.5. The molecule has 3 rings (SSSR count). The topological polar surface area (TPSA) is 21.3 Å². The number of benzene rings is 3. The van der Waals surface area contributed by atoms with Crippen LogP contribution in [0.3, 0.4) is 0 Å². The largest absolute Gasteiger partial charge is 0.491 e. The lowest BCUT2D eigenvalue weighted by Crippen LogP contribution is -2.11. The summed E-state index contributed by atoms with van der Waals surface area (Å²) in [7, 11) is 0. The van der Waals surface area contributed by atoms with Gasteiger partial charge in [0.1, 0.15) is 5.75 Å². The Balaban J connectivity index is 1.52. The number of hydrogen-bond donors (Lipinski definition) is 1. The van der Waals surface area contributed by atoms with Crippen molar-refractivity contribution in [2.75, 3.05) is 11.9 Å². The Hall–Kier alpha value is -2.74. The minimum absolute atomic E-state index is 0.187. The molecule has 0 bridgehead atoms. The molecule has 0 aliphatic heterocycles. The van der Waals surface area contributed by atoms with Crippen molar-refractivity contribution in [2.24, 2.45) is 0 Å². The average Bonchev–Trinajstić information content (AvgIpc) is 2.71. The van der Waals surface area contributed by atoms with Gasteiger partial charge in [-0.2, -0.15) is 0 Å². The molecule has 0 atom stereocenters. The van der Waals surface area contributed by atoms with Crippen molar-refractivity contribution in [1.82, 2.24) is 0 Å². The van der Waals surface area contributed by atoms with Crippen LogP contribution in [0.25, 0.3) is 0 Å². The van der Waals surface area contributed by atoms with E-state index in [0.717, 1.165) is 30.8 Å². The first-order valence-electron chi connectivity index (χ1n) is 10.1. The zero-order valence-electron chi connectivity index (χ0n) is 17.2. The van der Waals surface area contributed by atoms with E-state index in [1.54, 1.807) is 0 Å². The Morgan fingerprint density at radius 1 is 0.750 bits per heavy atom. The normalized spacial score (nSPS) is 11.2. The van der Waals surface area contributed by atoms with Crippen LogP contribution in [0.2, 0.25) is 0 Å². The SMILES string of the molecule is CC(C)(C)c1ccc(CNc2ccccc2OCCCc2ccccc2)cc1. The van der Waals surface area contributed by atoms with Crippen LogP contribution in [0.4, 0.5) is 5.69 Å². The molecule has 3 aromatic rings. The molecule has 0 saturated heterocycles. The number of aryl methyl sites for hydroxylation is 1. The standard InChI is InChI=1S/C26H31NO/c1-26(2,3)23-17-15-22(16-18-23)20-27-24-13-7-8-14-25(24)28-19-9-12-21-10-5-4-6-11-21/h4-8,10-11,13-18,27H,9,12,19-20H2,1-3H3. The summed E-state index contributed by atoms with van der Waals surface area (Å²) in [5, 5.41) is 3.52. The van der Waals surface area contributed by atoms with Crippen molar-refractivity contribution in [2.45, 2.75) is 45.6 Å². The fraction of sp³-hybridized carbons (Fsp3) is 0.308. The summed E-state index contributed by atoms with van der Waals surface area (Å²) in [6.45, 7) is 8.23. The van der Waals surface area contributed by atoms with Crippen LogP contribution in [-0.4, -0.2) is 6.61 Å². The van der Waals surface area contributed by atoms with Crippen molar-refractivity contribution in [3.63, 3.8) is 0 Å². The first-order valence-corrected chi connectivity index (χ1v) is 10.1. The van der Waals surface area contributed by atoms with Crippen LogP contribution in [0.1, 0.15) is 43.9 Å². The monoisotopic (exact) mass is 373 g/mol. The van der Waals surface area contributed by atoms with Gasteiger partial charge in [0.05, 0.1) is 12.3 Å². The number of anilines is 1. The van der Waals surface area contributed by atoms with Gasteiger partial charge < -0.3 is 10.1 Å². The fourth-order valence-electron chi connectivity index (χ4n) is 3.16. The zero-order chi connectivity index (χ0) is 19.8. The number of ether oxygens (including phenoxy) is 1. The van der Waals surface area contributed by atoms with Crippen LogP contribution in [0, 0.1) is 0 Å². The molecule has 28 heavy (non-hydrogen) atoms. The van der Waals surface area contributed by atoms with E-state index in [-0.39, 0.29) is 5.41 Å². The summed E-state index contributed by atoms with van der Waals surface area (Å²) < 4.78 is 6.05. The number of rotatable bonds is 8. The molecular formula is C26H31NO. The minimum Gasteiger partial charge on any atom is -0.491 e. The molecule has 2 nitrogen and oxygen atoms in total. The Labute approximate surface area is 169 Å². The average molecular weight is 374 g/mol. The second-order valence-electron chi connectivity index (χ2n) is 8.23. The van der Waals surface area contributed by atoms with E-state index >= 15 is 0 Å². The third kappa shape index (κ3) is 5.88. The van der Waals surface area contributed by atoms with Crippen molar-refractivity contribution >= 4 is 5.69 Å². The summed E-state index contributed by atoms with van der Waals surface area (Å²) in [6.07, 6.45) is 2.04. The first kappa shape index (κ1) is 20.0. The Morgan fingerprint density at radius 3 is 2.14 bits per heavy atom. The van der Waals surface area contributed by atoms with Crippen molar-refractivity contribution in [3.8, 4) is 5.75 Å². The van der Waals surface area contributed by atoms with Crippen LogP contribution >= 0.6 is 0 Å². The molecule has 2 heteroatoms. The van der Waals surface area contributed by atoms with Crippen LogP contribution in [0.5, 0.6) is 5.75 Å². The maximum atomic E-state index is 6.05. The van der Waals surface area contributed by atoms with E-state index < -0.39 is 0 Å². The van der Waals surface area contributed by atoms with Gasteiger partial charge in [-0.1, -0.05) is 87.5 Å². The van der Waals surface area contributed by atoms with E-state index in [9.17, 15) is 0 Å². The lowest BCUT2D eigenvalue weighted by atomic mass is 9.87. The van der Waals surface area contributed by atoms with Gasteiger partial charge in [-0.15, -0.1) is 0 Å². The Bertz CT molecular complexity index is 848. The highest BCUT2D eigenvalue weighted by atomic mass is 16.5. The molecule has 0 radical (unpaired) electrons. The summed E-state index contributed by atoms with van der Waals surface area (Å²) in [4.78, 5) is 0. The molecule has 0 aromatic heterocycles. The summed E-state index contributed by atoms with van der Waals surface area (Å²) >= 11 is 0. The molecule has 0 unspecified atom stereocenters. The predicted octanol–water partition coefficient (Wildman–Crippen LogP) is 6.61. The highest BCUT2D eigenvalue weighted by molar-refractivity contribution is 5.56. The molecule has 0 aliphatic carbocycles. The third-order valence-corrected chi connectivity index (χ3v) is 4.90. The summed E-state index contributed by atoms with van der Waals surface area (Å²) in [6, 6.07) is 27.6. The maximum absolute atomic E-state index is 6.05. The maximum Gasteiger partial charge on any atom is 0.142 e. The lowest BCUT2D eigenvalue weighted by Gasteiger charge is -2.19. The molecule has 0 saturated carbocycles. The predicted molar refractivity (Wildman–Crippen MR) is 119 cm³/mol. The number of nitrogens with one attached hydrogen (secondary N) is 1. The smallest absolute Gasteiger partial charge is 0.142 e. The van der Waals surface area contributed by atoms with Crippen molar-refractivity contribution in [1.29, 1.82) is 0 Å². The second-order valence-corrected chi connectivity index (χ2v) is 8.23. The van der Waals surface area contributed by atoms with E-state index in [1.165, 1.54) is 16.7 Å². The van der Waals surface area contributed by atoms with Gasteiger partial charge in [0.15, 0.2) is 0 Å². The van der Waals surface area contributed by atoms with Crippen LogP contribution in [0.15, 0.2) is 78.9 Å². The number of hydrogen-bond acceptors (Lipinski definition) is 2. The van der Waals surface area contributed by atoms with Gasteiger partial charge in [-0.05, 0) is 47.1 Å². The van der Waals surface area contributed by atoms with Crippen molar-refractivity contribution in [3.05, 3.63) is 95.6 Å². The molecule has 146 valence electrons. The lowest BCUT2D eigenvalue weighted by molar-refractivity contribution is 0.312. The van der Waals surface area contributed by atoms with E-state index in [2.05, 4.69) is 86.8 Å². The molecule has 0 aliphatic rings. The van der Waals surface area contributed by atoms with E-state index in [4.69, 9.17) is 4.74 Å². The molecule has 0 spiro atoms. The van der Waals surface area contributed by atoms with Gasteiger partial charge in [-0.25, -0.2) is 0 Å². The minimum atomic E-state index is 0.187. The van der Waals surface area contributed by atoms with Gasteiger partial charge in [0.2, 0.25) is 0 Å². The van der Waals surface area contributed by atoms with Crippen LogP contribution < -0.4 is 10.1 Å². The van der Waals surface area contributed by atoms with Crippen LogP contribution in [-0.2, 0) is 18.4 Å². The highest BCUT2D eigenvalue weighted by Crippen LogP contribution is 2.26. The molecule has 0 heterocycles. The van der Waals surface area contributed by atoms with Gasteiger partial charge in [0.25, 0.3) is 0 Å².